The van der Waals surface area contributed by atoms with Gasteiger partial charge in [0, 0.05) is 27.2 Å². The molecule has 10 rings (SSSR count). The molecule has 3 nitrogen and oxygen atoms in total. The summed E-state index contributed by atoms with van der Waals surface area (Å²) >= 11 is 0. The third kappa shape index (κ3) is 4.10. The van der Waals surface area contributed by atoms with Crippen LogP contribution in [0.4, 0.5) is 11.4 Å². The van der Waals surface area contributed by atoms with Crippen molar-refractivity contribution in [2.75, 3.05) is 5.32 Å². The molecule has 0 saturated carbocycles. The maximum Gasteiger partial charge on any atom is 0.159 e. The molecule has 0 fully saturated rings. The minimum Gasteiger partial charge on any atom is -0.456 e. The van der Waals surface area contributed by atoms with Crippen molar-refractivity contribution in [3.8, 4) is 0 Å². The van der Waals surface area contributed by atoms with Gasteiger partial charge in [0.2, 0.25) is 0 Å². The van der Waals surface area contributed by atoms with Gasteiger partial charge in [-0.05, 0) is 101 Å². The Bertz CT molecular complexity index is 2760. The summed E-state index contributed by atoms with van der Waals surface area (Å²) in [5.41, 5.74) is 14.3. The molecule has 0 spiro atoms. The van der Waals surface area contributed by atoms with Crippen LogP contribution in [0.15, 0.2) is 154 Å². The van der Waals surface area contributed by atoms with E-state index in [1.165, 1.54) is 33.4 Å². The number of hydrogen-bond donors (Lipinski definition) is 1. The van der Waals surface area contributed by atoms with Crippen LogP contribution >= 0.6 is 0 Å². The number of fused-ring (bicyclic) bond motifs is 9. The molecule has 238 valence electrons. The molecule has 0 saturated heterocycles. The van der Waals surface area contributed by atoms with E-state index in [1.54, 1.807) is 0 Å². The molecule has 0 bridgehead atoms. The first kappa shape index (κ1) is 28.7. The van der Waals surface area contributed by atoms with E-state index in [4.69, 9.17) is 8.83 Å². The van der Waals surface area contributed by atoms with Crippen LogP contribution in [-0.2, 0) is 5.41 Å². The van der Waals surface area contributed by atoms with Crippen LogP contribution in [0.3, 0.4) is 0 Å². The Labute approximate surface area is 290 Å². The van der Waals surface area contributed by atoms with E-state index < -0.39 is 5.41 Å². The normalized spacial score (nSPS) is 13.5. The molecule has 2 heterocycles. The van der Waals surface area contributed by atoms with E-state index in [2.05, 4.69) is 165 Å². The summed E-state index contributed by atoms with van der Waals surface area (Å²) < 4.78 is 13.2. The average Bonchev–Trinajstić information content (AvgIpc) is 3.69. The number of furan rings is 2. The summed E-state index contributed by atoms with van der Waals surface area (Å²) in [5.74, 6) is 0. The van der Waals surface area contributed by atoms with Gasteiger partial charge in [0.05, 0.1) is 11.1 Å². The molecule has 1 N–H and O–H groups in total. The number of benzene rings is 7. The van der Waals surface area contributed by atoms with Crippen LogP contribution in [0.5, 0.6) is 0 Å². The zero-order valence-electron chi connectivity index (χ0n) is 27.8. The number of nitrogens with one attached hydrogen (secondary N) is 1. The SMILES string of the molecule is Cc1ccc(Nc2cc3c(c4c2oc2ccccc24)C=Cc2cc4oc5ccccc5c4cc2C3(c2ccccc2)c2ccccc2)cc1C. The molecule has 0 aliphatic heterocycles. The van der Waals surface area contributed by atoms with Crippen LogP contribution in [0.2, 0.25) is 0 Å². The lowest BCUT2D eigenvalue weighted by atomic mass is 9.63. The molecule has 1 aliphatic carbocycles. The summed E-state index contributed by atoms with van der Waals surface area (Å²) in [6, 6.07) is 52.2. The Morgan fingerprint density at radius 2 is 1.16 bits per heavy atom. The van der Waals surface area contributed by atoms with E-state index in [1.807, 2.05) is 12.1 Å². The van der Waals surface area contributed by atoms with Crippen molar-refractivity contribution < 1.29 is 8.83 Å². The second-order valence-corrected chi connectivity index (χ2v) is 13.5. The number of aryl methyl sites for hydroxylation is 2. The van der Waals surface area contributed by atoms with E-state index in [0.29, 0.717) is 0 Å². The topological polar surface area (TPSA) is 38.3 Å². The summed E-state index contributed by atoms with van der Waals surface area (Å²) in [5, 5.41) is 8.24. The second-order valence-electron chi connectivity index (χ2n) is 13.5. The highest BCUT2D eigenvalue weighted by Gasteiger charge is 2.43. The third-order valence-electron chi connectivity index (χ3n) is 10.7. The molecule has 50 heavy (non-hydrogen) atoms. The van der Waals surface area contributed by atoms with Gasteiger partial charge in [0.25, 0.3) is 0 Å². The van der Waals surface area contributed by atoms with Crippen LogP contribution in [-0.4, -0.2) is 0 Å². The molecule has 0 radical (unpaired) electrons. The molecule has 7 aromatic carbocycles. The van der Waals surface area contributed by atoms with Crippen molar-refractivity contribution in [1.29, 1.82) is 0 Å². The summed E-state index contributed by atoms with van der Waals surface area (Å²) in [6.07, 6.45) is 4.56. The van der Waals surface area contributed by atoms with Crippen molar-refractivity contribution >= 4 is 67.4 Å². The molecular weight excluding hydrogens is 611 g/mol. The molecule has 2 aromatic heterocycles. The summed E-state index contributed by atoms with van der Waals surface area (Å²) in [6.45, 7) is 4.31. The molecule has 3 heteroatoms. The Morgan fingerprint density at radius 1 is 0.500 bits per heavy atom. The lowest BCUT2D eigenvalue weighted by molar-refractivity contribution is 0.667. The van der Waals surface area contributed by atoms with Crippen molar-refractivity contribution in [3.05, 3.63) is 190 Å². The number of para-hydroxylation sites is 2. The fourth-order valence-electron chi connectivity index (χ4n) is 8.21. The van der Waals surface area contributed by atoms with Gasteiger partial charge in [-0.2, -0.15) is 0 Å². The van der Waals surface area contributed by atoms with Crippen LogP contribution in [0.1, 0.15) is 44.5 Å². The predicted molar refractivity (Wildman–Crippen MR) is 207 cm³/mol. The van der Waals surface area contributed by atoms with Crippen molar-refractivity contribution in [2.24, 2.45) is 0 Å². The smallest absolute Gasteiger partial charge is 0.159 e. The molecule has 9 aromatic rings. The molecule has 0 amide bonds. The van der Waals surface area contributed by atoms with E-state index in [9.17, 15) is 0 Å². The highest BCUT2D eigenvalue weighted by atomic mass is 16.3. The van der Waals surface area contributed by atoms with Gasteiger partial charge in [0.1, 0.15) is 16.7 Å². The zero-order chi connectivity index (χ0) is 33.4. The molecular formula is C47H33NO2. The number of hydrogen-bond acceptors (Lipinski definition) is 3. The minimum absolute atomic E-state index is 0.699. The largest absolute Gasteiger partial charge is 0.456 e. The van der Waals surface area contributed by atoms with Gasteiger partial charge in [0.15, 0.2) is 5.58 Å². The lowest BCUT2D eigenvalue weighted by Gasteiger charge is -2.38. The second kappa shape index (κ2) is 10.8. The molecule has 1 aliphatic rings. The highest BCUT2D eigenvalue weighted by Crippen LogP contribution is 2.54. The first-order valence-corrected chi connectivity index (χ1v) is 17.2. The van der Waals surface area contributed by atoms with Gasteiger partial charge in [-0.15, -0.1) is 0 Å². The van der Waals surface area contributed by atoms with E-state index in [0.717, 1.165) is 66.4 Å². The summed E-state index contributed by atoms with van der Waals surface area (Å²) in [7, 11) is 0. The summed E-state index contributed by atoms with van der Waals surface area (Å²) in [4.78, 5) is 0. The Kier molecular flexibility index (Phi) is 6.22. The predicted octanol–water partition coefficient (Wildman–Crippen LogP) is 12.7. The lowest BCUT2D eigenvalue weighted by Crippen LogP contribution is -2.32. The molecule has 0 atom stereocenters. The molecule has 0 unspecified atom stereocenters. The third-order valence-corrected chi connectivity index (χ3v) is 10.7. The zero-order valence-corrected chi connectivity index (χ0v) is 27.8. The van der Waals surface area contributed by atoms with Gasteiger partial charge < -0.3 is 14.2 Å². The van der Waals surface area contributed by atoms with Gasteiger partial charge >= 0.3 is 0 Å². The standard InChI is InChI=1S/C47H33NO2/c1-29-21-23-34(25-30(29)2)48-41-28-40-36(45-37-18-10-12-20-43(37)50-46(41)45)24-22-31-26-44-38(35-17-9-11-19-42(35)49-44)27-39(31)47(40,32-13-5-3-6-14-32)33-15-7-4-8-16-33/h3-28,48H,1-2H3. The number of rotatable bonds is 4. The Hall–Kier alpha value is -6.32. The van der Waals surface area contributed by atoms with Gasteiger partial charge in [-0.25, -0.2) is 0 Å². The van der Waals surface area contributed by atoms with Crippen molar-refractivity contribution in [3.63, 3.8) is 0 Å². The van der Waals surface area contributed by atoms with E-state index in [-0.39, 0.29) is 0 Å². The fraction of sp³-hybridized carbons (Fsp3) is 0.0638. The van der Waals surface area contributed by atoms with Gasteiger partial charge in [-0.3, -0.25) is 0 Å². The van der Waals surface area contributed by atoms with Gasteiger partial charge in [-0.1, -0.05) is 115 Å². The fourth-order valence-corrected chi connectivity index (χ4v) is 8.21. The maximum absolute atomic E-state index is 6.76. The van der Waals surface area contributed by atoms with Crippen LogP contribution < -0.4 is 5.32 Å². The van der Waals surface area contributed by atoms with Crippen molar-refractivity contribution in [2.45, 2.75) is 19.3 Å². The van der Waals surface area contributed by atoms with Crippen molar-refractivity contribution in [1.82, 2.24) is 0 Å². The quantitative estimate of drug-likeness (QED) is 0.207. The Balaban J connectivity index is 1.40. The van der Waals surface area contributed by atoms with Crippen LogP contribution in [0.25, 0.3) is 56.0 Å². The number of anilines is 2. The highest BCUT2D eigenvalue weighted by molar-refractivity contribution is 6.15. The Morgan fingerprint density at radius 3 is 1.88 bits per heavy atom. The van der Waals surface area contributed by atoms with Crippen LogP contribution in [0, 0.1) is 13.8 Å². The monoisotopic (exact) mass is 643 g/mol. The van der Waals surface area contributed by atoms with E-state index >= 15 is 0 Å². The maximum atomic E-state index is 6.76. The minimum atomic E-state index is -0.699. The average molecular weight is 644 g/mol. The first-order valence-electron chi connectivity index (χ1n) is 17.2. The first-order chi connectivity index (χ1) is 24.6.